The molecule has 0 unspecified atom stereocenters. The van der Waals surface area contributed by atoms with E-state index >= 15 is 0 Å². The lowest BCUT2D eigenvalue weighted by atomic mass is 10.1. The lowest BCUT2D eigenvalue weighted by molar-refractivity contribution is -0.116. The number of ether oxygens (including phenoxy) is 2. The number of amides is 1. The minimum Gasteiger partial charge on any atom is -0.493 e. The second-order valence-corrected chi connectivity index (χ2v) is 8.49. The zero-order valence-electron chi connectivity index (χ0n) is 18.4. The molecule has 0 aliphatic heterocycles. The number of aromatic nitrogens is 3. The third kappa shape index (κ3) is 3.97. The second kappa shape index (κ2) is 8.95. The smallest absolute Gasteiger partial charge is 0.271 e. The van der Waals surface area contributed by atoms with Crippen LogP contribution in [0.25, 0.3) is 31.7 Å². The summed E-state index contributed by atoms with van der Waals surface area (Å²) < 4.78 is 12.2. The third-order valence-electron chi connectivity index (χ3n) is 5.36. The van der Waals surface area contributed by atoms with Gasteiger partial charge in [-0.1, -0.05) is 30.3 Å². The molecule has 8 nitrogen and oxygen atoms in total. The number of rotatable bonds is 6. The van der Waals surface area contributed by atoms with Crippen molar-refractivity contribution < 1.29 is 14.3 Å². The van der Waals surface area contributed by atoms with E-state index < -0.39 is 0 Å². The Labute approximate surface area is 198 Å². The summed E-state index contributed by atoms with van der Waals surface area (Å²) in [5.41, 5.74) is 2.67. The van der Waals surface area contributed by atoms with E-state index in [2.05, 4.69) is 10.3 Å². The molecule has 9 heteroatoms. The van der Waals surface area contributed by atoms with Crippen molar-refractivity contribution in [2.75, 3.05) is 19.5 Å². The number of methoxy groups -OCH3 is 2. The van der Waals surface area contributed by atoms with Crippen molar-refractivity contribution in [2.45, 2.75) is 6.54 Å². The van der Waals surface area contributed by atoms with Gasteiger partial charge < -0.3 is 14.8 Å². The Bertz CT molecular complexity index is 1580. The molecular formula is C25H20N4O4S. The number of benzene rings is 2. The fourth-order valence-electron chi connectivity index (χ4n) is 3.70. The van der Waals surface area contributed by atoms with Gasteiger partial charge in [0.1, 0.15) is 16.1 Å². The Hall–Kier alpha value is -4.24. The summed E-state index contributed by atoms with van der Waals surface area (Å²) in [5, 5.41) is 3.59. The number of anilines is 1. The normalized spacial score (nSPS) is 11.0. The fourth-order valence-corrected chi connectivity index (χ4v) is 4.78. The fraction of sp³-hybridized carbons (Fsp3) is 0.120. The standard InChI is InChI=1S/C25H20N4O4S/c1-32-19-11-8-16(12-20(19)33-2)27-21(30)13-29-14-26-22-17-9-10-18(15-6-4-3-5-7-15)28-24(17)34-23(22)25(29)31/h3-12,14H,13H2,1-2H3,(H,27,30). The number of nitrogens with zero attached hydrogens (tertiary/aromatic N) is 3. The van der Waals surface area contributed by atoms with Gasteiger partial charge in [-0.05, 0) is 24.3 Å². The molecule has 170 valence electrons. The van der Waals surface area contributed by atoms with Crippen molar-refractivity contribution in [3.8, 4) is 22.8 Å². The minimum atomic E-state index is -0.360. The number of hydrogen-bond donors (Lipinski definition) is 1. The summed E-state index contributed by atoms with van der Waals surface area (Å²) in [6.45, 7) is -0.174. The summed E-state index contributed by atoms with van der Waals surface area (Å²) in [7, 11) is 3.06. The Morgan fingerprint density at radius 1 is 1.03 bits per heavy atom. The number of fused-ring (bicyclic) bond motifs is 3. The molecular weight excluding hydrogens is 452 g/mol. The first kappa shape index (κ1) is 21.6. The highest BCUT2D eigenvalue weighted by atomic mass is 32.1. The van der Waals surface area contributed by atoms with E-state index in [1.165, 1.54) is 36.5 Å². The molecule has 2 aromatic carbocycles. The highest BCUT2D eigenvalue weighted by Gasteiger charge is 2.15. The SMILES string of the molecule is COc1ccc(NC(=O)Cn2cnc3c(sc4nc(-c5ccccc5)ccc43)c2=O)cc1OC. The Morgan fingerprint density at radius 2 is 1.82 bits per heavy atom. The maximum absolute atomic E-state index is 13.1. The molecule has 1 amide bonds. The first-order valence-electron chi connectivity index (χ1n) is 10.4. The summed E-state index contributed by atoms with van der Waals surface area (Å²) in [6.07, 6.45) is 1.40. The molecule has 0 saturated carbocycles. The van der Waals surface area contributed by atoms with Crippen molar-refractivity contribution >= 4 is 43.4 Å². The zero-order valence-corrected chi connectivity index (χ0v) is 19.3. The van der Waals surface area contributed by atoms with E-state index in [9.17, 15) is 9.59 Å². The molecule has 1 N–H and O–H groups in total. The van der Waals surface area contributed by atoms with Crippen molar-refractivity contribution in [1.82, 2.24) is 14.5 Å². The molecule has 0 saturated heterocycles. The van der Waals surface area contributed by atoms with E-state index in [0.717, 1.165) is 21.5 Å². The van der Waals surface area contributed by atoms with Crippen molar-refractivity contribution in [1.29, 1.82) is 0 Å². The summed E-state index contributed by atoms with van der Waals surface area (Å²) in [6, 6.07) is 18.8. The maximum atomic E-state index is 13.1. The predicted molar refractivity (Wildman–Crippen MR) is 133 cm³/mol. The van der Waals surface area contributed by atoms with Crippen LogP contribution in [0.15, 0.2) is 71.8 Å². The molecule has 5 rings (SSSR count). The van der Waals surface area contributed by atoms with Crippen LogP contribution >= 0.6 is 11.3 Å². The average Bonchev–Trinajstić information content (AvgIpc) is 3.25. The van der Waals surface area contributed by atoms with Crippen molar-refractivity contribution in [3.63, 3.8) is 0 Å². The van der Waals surface area contributed by atoms with Gasteiger partial charge in [0.2, 0.25) is 5.91 Å². The summed E-state index contributed by atoms with van der Waals surface area (Å²) in [4.78, 5) is 35.7. The van der Waals surface area contributed by atoms with Crippen LogP contribution in [0.2, 0.25) is 0 Å². The van der Waals surface area contributed by atoms with Crippen LogP contribution in [0.1, 0.15) is 0 Å². The monoisotopic (exact) mass is 472 g/mol. The molecule has 0 aliphatic rings. The summed E-state index contributed by atoms with van der Waals surface area (Å²) in [5.74, 6) is 0.689. The quantitative estimate of drug-likeness (QED) is 0.395. The lowest BCUT2D eigenvalue weighted by Gasteiger charge is -2.11. The molecule has 0 fully saturated rings. The second-order valence-electron chi connectivity index (χ2n) is 7.49. The van der Waals surface area contributed by atoms with E-state index in [-0.39, 0.29) is 18.0 Å². The minimum absolute atomic E-state index is 0.174. The number of thiophene rings is 1. The average molecular weight is 473 g/mol. The molecule has 0 spiro atoms. The van der Waals surface area contributed by atoms with E-state index in [0.29, 0.717) is 27.4 Å². The van der Waals surface area contributed by atoms with Crippen molar-refractivity contribution in [3.05, 3.63) is 77.3 Å². The molecule has 5 aromatic rings. The Kier molecular flexibility index (Phi) is 5.69. The lowest BCUT2D eigenvalue weighted by Crippen LogP contribution is -2.27. The van der Waals surface area contributed by atoms with Gasteiger partial charge in [-0.3, -0.25) is 14.2 Å². The highest BCUT2D eigenvalue weighted by molar-refractivity contribution is 7.25. The van der Waals surface area contributed by atoms with Gasteiger partial charge in [-0.25, -0.2) is 9.97 Å². The van der Waals surface area contributed by atoms with Crippen LogP contribution in [-0.4, -0.2) is 34.7 Å². The summed E-state index contributed by atoms with van der Waals surface area (Å²) >= 11 is 1.28. The van der Waals surface area contributed by atoms with Crippen molar-refractivity contribution in [2.24, 2.45) is 0 Å². The highest BCUT2D eigenvalue weighted by Crippen LogP contribution is 2.31. The van der Waals surface area contributed by atoms with Crippen LogP contribution in [0.3, 0.4) is 0 Å². The van der Waals surface area contributed by atoms with Gasteiger partial charge >= 0.3 is 0 Å². The van der Waals surface area contributed by atoms with Crippen LogP contribution in [0, 0.1) is 0 Å². The zero-order chi connectivity index (χ0) is 23.7. The maximum Gasteiger partial charge on any atom is 0.271 e. The number of carbonyl (C=O) groups excluding carboxylic acids is 1. The number of hydrogen-bond acceptors (Lipinski definition) is 7. The molecule has 34 heavy (non-hydrogen) atoms. The molecule has 3 heterocycles. The molecule has 0 radical (unpaired) electrons. The van der Waals surface area contributed by atoms with E-state index in [1.807, 2.05) is 42.5 Å². The van der Waals surface area contributed by atoms with Gasteiger partial charge in [0.15, 0.2) is 11.5 Å². The van der Waals surface area contributed by atoms with Gasteiger partial charge in [0.25, 0.3) is 5.56 Å². The molecule has 0 bridgehead atoms. The topological polar surface area (TPSA) is 95.3 Å². The van der Waals surface area contributed by atoms with Gasteiger partial charge in [0, 0.05) is 22.7 Å². The van der Waals surface area contributed by atoms with Crippen LogP contribution in [0.5, 0.6) is 11.5 Å². The van der Waals surface area contributed by atoms with Crippen LogP contribution in [-0.2, 0) is 11.3 Å². The molecule has 3 aromatic heterocycles. The first-order chi connectivity index (χ1) is 16.6. The van der Waals surface area contributed by atoms with Gasteiger partial charge in [-0.2, -0.15) is 0 Å². The Balaban J connectivity index is 1.43. The van der Waals surface area contributed by atoms with Crippen LogP contribution in [0.4, 0.5) is 5.69 Å². The number of pyridine rings is 1. The molecule has 0 aliphatic carbocycles. The van der Waals surface area contributed by atoms with Gasteiger partial charge in [0.05, 0.1) is 31.8 Å². The third-order valence-corrected chi connectivity index (χ3v) is 6.44. The predicted octanol–water partition coefficient (Wildman–Crippen LogP) is 4.33. The number of carbonyl (C=O) groups is 1. The van der Waals surface area contributed by atoms with E-state index in [1.54, 1.807) is 18.2 Å². The first-order valence-corrected chi connectivity index (χ1v) is 11.2. The van der Waals surface area contributed by atoms with Crippen LogP contribution < -0.4 is 20.3 Å². The number of nitrogens with one attached hydrogen (secondary N) is 1. The largest absolute Gasteiger partial charge is 0.493 e. The van der Waals surface area contributed by atoms with E-state index in [4.69, 9.17) is 14.5 Å². The molecule has 0 atom stereocenters. The van der Waals surface area contributed by atoms with Gasteiger partial charge in [-0.15, -0.1) is 11.3 Å². The Morgan fingerprint density at radius 3 is 2.59 bits per heavy atom.